The van der Waals surface area contributed by atoms with Crippen molar-refractivity contribution >= 4 is 58.1 Å². The maximum absolute atomic E-state index is 13.7. The van der Waals surface area contributed by atoms with E-state index in [9.17, 15) is 24.0 Å². The first-order chi connectivity index (χ1) is 32.0. The minimum atomic E-state index is -0.645. The number of halogens is 2. The number of ketones is 3. The summed E-state index contributed by atoms with van der Waals surface area (Å²) >= 11 is 12.3. The van der Waals surface area contributed by atoms with Crippen LogP contribution in [0.2, 0.25) is 10.0 Å². The minimum absolute atomic E-state index is 0.0151. The molecule has 330 valence electrons. The second-order valence-electron chi connectivity index (χ2n) is 16.3. The van der Waals surface area contributed by atoms with Crippen molar-refractivity contribution in [2.45, 2.75) is 57.3 Å². The topological polar surface area (TPSA) is 157 Å². The highest BCUT2D eigenvalue weighted by Gasteiger charge is 2.37. The summed E-state index contributed by atoms with van der Waals surface area (Å²) in [5.74, 6) is -0.503. The van der Waals surface area contributed by atoms with Gasteiger partial charge >= 0.3 is 0 Å². The number of anilines is 1. The van der Waals surface area contributed by atoms with Crippen molar-refractivity contribution in [3.05, 3.63) is 224 Å². The normalized spacial score (nSPS) is 15.8. The Hall–Kier alpha value is -7.34. The highest BCUT2D eigenvalue weighted by molar-refractivity contribution is 6.31. The zero-order chi connectivity index (χ0) is 46.2. The lowest BCUT2D eigenvalue weighted by molar-refractivity contribution is -0.123. The molecule has 0 unspecified atom stereocenters. The van der Waals surface area contributed by atoms with Gasteiger partial charge in [0.1, 0.15) is 5.69 Å². The van der Waals surface area contributed by atoms with E-state index < -0.39 is 12.1 Å². The van der Waals surface area contributed by atoms with Crippen molar-refractivity contribution in [1.29, 1.82) is 0 Å². The van der Waals surface area contributed by atoms with Gasteiger partial charge in [0.2, 0.25) is 0 Å². The minimum Gasteiger partial charge on any atom is -0.399 e. The number of pyridine rings is 3. The zero-order valence-corrected chi connectivity index (χ0v) is 37.2. The van der Waals surface area contributed by atoms with Crippen molar-refractivity contribution in [2.75, 3.05) is 5.73 Å². The molecule has 9 rings (SSSR count). The summed E-state index contributed by atoms with van der Waals surface area (Å²) in [6, 6.07) is 36.6. The van der Waals surface area contributed by atoms with Crippen LogP contribution in [0.5, 0.6) is 0 Å². The van der Waals surface area contributed by atoms with Crippen LogP contribution in [-0.2, 0) is 54.8 Å². The third-order valence-corrected chi connectivity index (χ3v) is 12.1. The molecule has 2 atom stereocenters. The van der Waals surface area contributed by atoms with E-state index >= 15 is 0 Å². The molecular weight excluding hydrogens is 872 g/mol. The fourth-order valence-corrected chi connectivity index (χ4v) is 8.65. The van der Waals surface area contributed by atoms with Gasteiger partial charge in [-0.05, 0) is 112 Å². The number of nitrogens with two attached hydrogens (primary N) is 1. The maximum Gasteiger partial charge on any atom is 0.255 e. The monoisotopic (exact) mass is 914 g/mol. The molecule has 11 nitrogen and oxygen atoms in total. The van der Waals surface area contributed by atoms with Crippen molar-refractivity contribution in [1.82, 2.24) is 24.8 Å². The van der Waals surface area contributed by atoms with E-state index in [0.717, 1.165) is 27.8 Å². The second-order valence-corrected chi connectivity index (χ2v) is 17.2. The van der Waals surface area contributed by atoms with Gasteiger partial charge in [-0.1, -0.05) is 77.8 Å². The molecule has 2 aliphatic heterocycles. The molecule has 0 spiro atoms. The number of hydrogen-bond acceptors (Lipinski definition) is 9. The molecule has 0 bridgehead atoms. The van der Waals surface area contributed by atoms with Gasteiger partial charge in [0, 0.05) is 103 Å². The molecule has 2 N–H and O–H groups in total. The average molecular weight is 916 g/mol. The number of aromatic nitrogens is 3. The van der Waals surface area contributed by atoms with E-state index in [-0.39, 0.29) is 55.0 Å². The summed E-state index contributed by atoms with van der Waals surface area (Å²) < 4.78 is 0. The lowest BCUT2D eigenvalue weighted by Crippen LogP contribution is -2.44. The summed E-state index contributed by atoms with van der Waals surface area (Å²) in [7, 11) is 0. The lowest BCUT2D eigenvalue weighted by Gasteiger charge is -2.29. The molecule has 0 saturated heterocycles. The Kier molecular flexibility index (Phi) is 14.2. The Morgan fingerprint density at radius 3 is 1.50 bits per heavy atom. The van der Waals surface area contributed by atoms with E-state index in [1.807, 2.05) is 60.7 Å². The van der Waals surface area contributed by atoms with Crippen molar-refractivity contribution < 1.29 is 24.0 Å². The van der Waals surface area contributed by atoms with E-state index in [2.05, 4.69) is 15.0 Å². The van der Waals surface area contributed by atoms with Crippen LogP contribution in [0.4, 0.5) is 5.69 Å². The molecule has 0 fully saturated rings. The molecular formula is C53H44Cl2N6O5. The molecule has 0 saturated carbocycles. The molecule has 13 heteroatoms. The Balaban J connectivity index is 0.000000185. The van der Waals surface area contributed by atoms with Crippen LogP contribution >= 0.6 is 23.2 Å². The van der Waals surface area contributed by atoms with Crippen LogP contribution < -0.4 is 5.73 Å². The quantitative estimate of drug-likeness (QED) is 0.0992. The first-order valence-electron chi connectivity index (χ1n) is 21.4. The Morgan fingerprint density at radius 2 is 1.05 bits per heavy atom. The molecule has 2 amide bonds. The number of amides is 2. The number of rotatable bonds is 11. The molecule has 4 aromatic carbocycles. The average Bonchev–Trinajstić information content (AvgIpc) is 3.48. The summed E-state index contributed by atoms with van der Waals surface area (Å²) in [4.78, 5) is 82.1. The van der Waals surface area contributed by atoms with Crippen LogP contribution in [0.15, 0.2) is 158 Å². The van der Waals surface area contributed by atoms with Gasteiger partial charge in [0.15, 0.2) is 17.3 Å². The number of carbonyl (C=O) groups is 5. The Bertz CT molecular complexity index is 2880. The van der Waals surface area contributed by atoms with Crippen LogP contribution in [0.1, 0.15) is 70.1 Å². The SMILES string of the molecule is Nc1ccc(CN2C(=O)c3ccc(Cl)cc3CC(=O)[C@H]2Cc2cccnc2)cc1.O=C(Cc1ccc(CN2C(=O)c3ccc(Cl)cc3CC(=O)[C@H]2Cc2cccnc2)cc1)c1ccccn1. The standard InChI is InChI=1S/C30H24ClN3O3.C23H20ClN3O2/c31-24-10-11-25-23(16-24)17-29(36)27(14-22-4-3-12-32-18-22)34(30(25)37)19-21-8-6-20(7-9-21)15-28(35)26-5-1-2-13-33-26;24-18-5-8-20-17(11-18)12-22(28)21(10-16-2-1-9-26-13-16)27(23(20)29)14-15-3-6-19(25)7-4-15/h1-13,16,18,27H,14-15,17,19H2;1-9,11,13,21H,10,12,14,25H2/t27-;21-/m11/s1. The van der Waals surface area contributed by atoms with Gasteiger partial charge in [0.25, 0.3) is 11.8 Å². The number of nitrogens with zero attached hydrogens (tertiary/aromatic N) is 5. The summed E-state index contributed by atoms with van der Waals surface area (Å²) in [6.45, 7) is 0.573. The highest BCUT2D eigenvalue weighted by Crippen LogP contribution is 2.29. The van der Waals surface area contributed by atoms with Crippen LogP contribution in [-0.4, -0.2) is 66.0 Å². The highest BCUT2D eigenvalue weighted by atomic mass is 35.5. The smallest absolute Gasteiger partial charge is 0.255 e. The Labute approximate surface area is 392 Å². The van der Waals surface area contributed by atoms with Gasteiger partial charge in [-0.2, -0.15) is 0 Å². The van der Waals surface area contributed by atoms with Crippen molar-refractivity contribution in [3.63, 3.8) is 0 Å². The third kappa shape index (κ3) is 10.9. The van der Waals surface area contributed by atoms with Gasteiger partial charge in [-0.15, -0.1) is 0 Å². The largest absolute Gasteiger partial charge is 0.399 e. The predicted molar refractivity (Wildman–Crippen MR) is 253 cm³/mol. The molecule has 3 aromatic heterocycles. The maximum atomic E-state index is 13.7. The molecule has 2 aliphatic rings. The fourth-order valence-electron chi connectivity index (χ4n) is 8.26. The van der Waals surface area contributed by atoms with E-state index in [1.54, 1.807) is 108 Å². The predicted octanol–water partition coefficient (Wildman–Crippen LogP) is 8.63. The zero-order valence-electron chi connectivity index (χ0n) is 35.7. The fraction of sp³-hybridized carbons (Fsp3) is 0.170. The third-order valence-electron chi connectivity index (χ3n) is 11.7. The van der Waals surface area contributed by atoms with Gasteiger partial charge < -0.3 is 15.5 Å². The first-order valence-corrected chi connectivity index (χ1v) is 22.1. The van der Waals surface area contributed by atoms with E-state index in [0.29, 0.717) is 63.1 Å². The van der Waals surface area contributed by atoms with Gasteiger partial charge in [-0.25, -0.2) is 0 Å². The first kappa shape index (κ1) is 45.2. The summed E-state index contributed by atoms with van der Waals surface area (Å²) in [5, 5.41) is 1.01. The molecule has 0 radical (unpaired) electrons. The van der Waals surface area contributed by atoms with E-state index in [4.69, 9.17) is 28.9 Å². The number of benzene rings is 4. The lowest BCUT2D eigenvalue weighted by atomic mass is 9.98. The van der Waals surface area contributed by atoms with Gasteiger partial charge in [-0.3, -0.25) is 38.9 Å². The van der Waals surface area contributed by atoms with Crippen molar-refractivity contribution in [2.24, 2.45) is 0 Å². The molecule has 0 aliphatic carbocycles. The number of carbonyl (C=O) groups excluding carboxylic acids is 5. The van der Waals surface area contributed by atoms with E-state index in [1.165, 1.54) is 0 Å². The van der Waals surface area contributed by atoms with Gasteiger partial charge in [0.05, 0.1) is 12.1 Å². The second kappa shape index (κ2) is 20.7. The van der Waals surface area contributed by atoms with Crippen LogP contribution in [0.3, 0.4) is 0 Å². The summed E-state index contributed by atoms with van der Waals surface area (Å²) in [5.41, 5.74) is 13.6. The molecule has 7 aromatic rings. The number of hydrogen-bond donors (Lipinski definition) is 1. The Morgan fingerprint density at radius 1 is 0.561 bits per heavy atom. The van der Waals surface area contributed by atoms with Crippen LogP contribution in [0, 0.1) is 0 Å². The number of nitrogen functional groups attached to an aromatic ring is 1. The van der Waals surface area contributed by atoms with Crippen molar-refractivity contribution in [3.8, 4) is 0 Å². The molecule has 5 heterocycles. The number of fused-ring (bicyclic) bond motifs is 2. The summed E-state index contributed by atoms with van der Waals surface area (Å²) in [6.07, 6.45) is 9.74. The molecule has 66 heavy (non-hydrogen) atoms. The number of Topliss-reactive ketones (excluding diaryl/α,β-unsaturated/α-hetero) is 3. The van der Waals surface area contributed by atoms with Crippen LogP contribution in [0.25, 0.3) is 0 Å².